The Kier molecular flexibility index (Phi) is 5.13. The number of carbonyl (C=O) groups is 1. The lowest BCUT2D eigenvalue weighted by Gasteiger charge is -2.09. The first-order valence-electron chi connectivity index (χ1n) is 7.68. The predicted octanol–water partition coefficient (Wildman–Crippen LogP) is 2.26. The van der Waals surface area contributed by atoms with Crippen molar-refractivity contribution in [3.63, 3.8) is 0 Å². The summed E-state index contributed by atoms with van der Waals surface area (Å²) in [5.74, 6) is 0.462. The molecule has 0 spiro atoms. The molecule has 0 amide bonds. The quantitative estimate of drug-likeness (QED) is 0.376. The Balaban J connectivity index is 1.93. The molecule has 8 nitrogen and oxygen atoms in total. The van der Waals surface area contributed by atoms with Crippen LogP contribution in [0.5, 0.6) is 5.75 Å². The molecule has 0 aliphatic rings. The average molecular weight is 359 g/mol. The fourth-order valence-corrected chi connectivity index (χ4v) is 3.04. The maximum atomic E-state index is 11.8. The molecule has 1 aromatic carbocycles. The van der Waals surface area contributed by atoms with Crippen LogP contribution in [0.25, 0.3) is 16.9 Å². The number of methoxy groups -OCH3 is 1. The average Bonchev–Trinajstić information content (AvgIpc) is 3.07. The van der Waals surface area contributed by atoms with Crippen LogP contribution in [0.1, 0.15) is 13.8 Å². The van der Waals surface area contributed by atoms with Crippen LogP contribution in [0.3, 0.4) is 0 Å². The highest BCUT2D eigenvalue weighted by molar-refractivity contribution is 8.00. The Morgan fingerprint density at radius 3 is 2.72 bits per heavy atom. The summed E-state index contributed by atoms with van der Waals surface area (Å²) in [4.78, 5) is 20.3. The van der Waals surface area contributed by atoms with E-state index < -0.39 is 5.25 Å². The van der Waals surface area contributed by atoms with E-state index in [1.807, 2.05) is 24.3 Å². The molecule has 0 aliphatic carbocycles. The molecule has 0 saturated heterocycles. The molecular formula is C16H17N5O3S. The van der Waals surface area contributed by atoms with Gasteiger partial charge < -0.3 is 9.47 Å². The first kappa shape index (κ1) is 17.2. The van der Waals surface area contributed by atoms with Crippen LogP contribution in [0.15, 0.2) is 35.6 Å². The van der Waals surface area contributed by atoms with Gasteiger partial charge in [-0.25, -0.2) is 9.97 Å². The Morgan fingerprint density at radius 2 is 2.04 bits per heavy atom. The molecule has 0 bridgehead atoms. The van der Waals surface area contributed by atoms with E-state index in [-0.39, 0.29) is 5.97 Å². The highest BCUT2D eigenvalue weighted by Gasteiger charge is 2.20. The van der Waals surface area contributed by atoms with Crippen molar-refractivity contribution in [2.24, 2.45) is 0 Å². The highest BCUT2D eigenvalue weighted by atomic mass is 32.2. The first-order chi connectivity index (χ1) is 12.1. The molecule has 3 aromatic rings. The van der Waals surface area contributed by atoms with Gasteiger partial charge in [0.15, 0.2) is 11.2 Å². The van der Waals surface area contributed by atoms with Crippen LogP contribution in [0.4, 0.5) is 0 Å². The number of esters is 1. The second kappa shape index (κ2) is 7.47. The standard InChI is InChI=1S/C16H17N5O3S/c1-4-24-16(22)10(2)25-15-13-14(17-9-18-15)21(20-19-13)11-5-7-12(23-3)8-6-11/h5-10H,4H2,1-3H3/t10-/m1/s1. The van der Waals surface area contributed by atoms with Gasteiger partial charge in [-0.05, 0) is 38.1 Å². The number of thioether (sulfide) groups is 1. The Morgan fingerprint density at radius 1 is 1.28 bits per heavy atom. The predicted molar refractivity (Wildman–Crippen MR) is 93.0 cm³/mol. The van der Waals surface area contributed by atoms with E-state index in [0.717, 1.165) is 11.4 Å². The lowest BCUT2D eigenvalue weighted by molar-refractivity contribution is -0.142. The van der Waals surface area contributed by atoms with Crippen molar-refractivity contribution in [2.45, 2.75) is 24.1 Å². The van der Waals surface area contributed by atoms with E-state index in [0.29, 0.717) is 22.8 Å². The van der Waals surface area contributed by atoms with Crippen molar-refractivity contribution in [1.82, 2.24) is 25.0 Å². The third-order valence-electron chi connectivity index (χ3n) is 3.43. The van der Waals surface area contributed by atoms with E-state index in [9.17, 15) is 4.79 Å². The third-order valence-corrected chi connectivity index (χ3v) is 4.50. The molecule has 0 fully saturated rings. The number of carbonyl (C=O) groups excluding carboxylic acids is 1. The van der Waals surface area contributed by atoms with Gasteiger partial charge in [0.1, 0.15) is 22.4 Å². The smallest absolute Gasteiger partial charge is 0.319 e. The zero-order valence-electron chi connectivity index (χ0n) is 14.0. The molecule has 9 heteroatoms. The normalized spacial score (nSPS) is 12.1. The summed E-state index contributed by atoms with van der Waals surface area (Å²) in [6, 6.07) is 7.40. The summed E-state index contributed by atoms with van der Waals surface area (Å²) in [6.07, 6.45) is 1.44. The summed E-state index contributed by atoms with van der Waals surface area (Å²) in [5.41, 5.74) is 1.91. The lowest BCUT2D eigenvalue weighted by atomic mass is 10.3. The second-order valence-corrected chi connectivity index (χ2v) is 6.39. The molecule has 25 heavy (non-hydrogen) atoms. The zero-order valence-corrected chi connectivity index (χ0v) is 14.9. The Labute approximate surface area is 148 Å². The molecule has 3 rings (SSSR count). The van der Waals surface area contributed by atoms with Crippen molar-refractivity contribution < 1.29 is 14.3 Å². The Hall–Kier alpha value is -2.68. The summed E-state index contributed by atoms with van der Waals surface area (Å²) in [6.45, 7) is 3.89. The third kappa shape index (κ3) is 3.55. The van der Waals surface area contributed by atoms with Crippen molar-refractivity contribution in [3.8, 4) is 11.4 Å². The van der Waals surface area contributed by atoms with Gasteiger partial charge in [0.05, 0.1) is 19.4 Å². The van der Waals surface area contributed by atoms with E-state index in [4.69, 9.17) is 9.47 Å². The highest BCUT2D eigenvalue weighted by Crippen LogP contribution is 2.28. The molecule has 0 saturated carbocycles. The van der Waals surface area contributed by atoms with Gasteiger partial charge in [-0.3, -0.25) is 4.79 Å². The van der Waals surface area contributed by atoms with Gasteiger partial charge in [0.25, 0.3) is 0 Å². The van der Waals surface area contributed by atoms with E-state index in [2.05, 4.69) is 20.3 Å². The molecular weight excluding hydrogens is 342 g/mol. The molecule has 0 aliphatic heterocycles. The number of hydrogen-bond donors (Lipinski definition) is 0. The minimum absolute atomic E-state index is 0.290. The van der Waals surface area contributed by atoms with Gasteiger partial charge in [0, 0.05) is 0 Å². The summed E-state index contributed by atoms with van der Waals surface area (Å²) < 4.78 is 11.8. The number of benzene rings is 1. The molecule has 130 valence electrons. The van der Waals surface area contributed by atoms with Crippen molar-refractivity contribution in [1.29, 1.82) is 0 Å². The van der Waals surface area contributed by atoms with Crippen molar-refractivity contribution in [2.75, 3.05) is 13.7 Å². The molecule has 2 aromatic heterocycles. The number of aromatic nitrogens is 5. The van der Waals surface area contributed by atoms with Gasteiger partial charge in [-0.2, -0.15) is 4.68 Å². The summed E-state index contributed by atoms with van der Waals surface area (Å²) in [7, 11) is 1.61. The number of fused-ring (bicyclic) bond motifs is 1. The van der Waals surface area contributed by atoms with Gasteiger partial charge in [0.2, 0.25) is 0 Å². The van der Waals surface area contributed by atoms with Crippen LogP contribution in [-0.2, 0) is 9.53 Å². The topological polar surface area (TPSA) is 92.0 Å². The van der Waals surface area contributed by atoms with Crippen molar-refractivity contribution in [3.05, 3.63) is 30.6 Å². The first-order valence-corrected chi connectivity index (χ1v) is 8.56. The lowest BCUT2D eigenvalue weighted by Crippen LogP contribution is -2.16. The van der Waals surface area contributed by atoms with Crippen LogP contribution >= 0.6 is 11.8 Å². The van der Waals surface area contributed by atoms with Crippen LogP contribution in [-0.4, -0.2) is 49.9 Å². The largest absolute Gasteiger partial charge is 0.497 e. The van der Waals surface area contributed by atoms with Gasteiger partial charge in [-0.15, -0.1) is 5.10 Å². The van der Waals surface area contributed by atoms with Crippen molar-refractivity contribution >= 4 is 28.9 Å². The van der Waals surface area contributed by atoms with E-state index in [1.165, 1.54) is 18.1 Å². The minimum Gasteiger partial charge on any atom is -0.497 e. The number of ether oxygens (including phenoxy) is 2. The molecule has 0 radical (unpaired) electrons. The van der Waals surface area contributed by atoms with Crippen LogP contribution < -0.4 is 4.74 Å². The second-order valence-electron chi connectivity index (χ2n) is 5.06. The minimum atomic E-state index is -0.399. The molecule has 1 atom stereocenters. The maximum Gasteiger partial charge on any atom is 0.319 e. The molecule has 2 heterocycles. The molecule has 0 N–H and O–H groups in total. The van der Waals surface area contributed by atoms with Gasteiger partial charge in [-0.1, -0.05) is 17.0 Å². The van der Waals surface area contributed by atoms with Crippen LogP contribution in [0.2, 0.25) is 0 Å². The SMILES string of the molecule is CCOC(=O)[C@@H](C)Sc1ncnc2c1nnn2-c1ccc(OC)cc1. The zero-order chi connectivity index (χ0) is 17.8. The van der Waals surface area contributed by atoms with Crippen LogP contribution in [0, 0.1) is 0 Å². The van der Waals surface area contributed by atoms with Gasteiger partial charge >= 0.3 is 5.97 Å². The fourth-order valence-electron chi connectivity index (χ4n) is 2.19. The monoisotopic (exact) mass is 359 g/mol. The number of hydrogen-bond acceptors (Lipinski definition) is 8. The summed E-state index contributed by atoms with van der Waals surface area (Å²) in [5, 5.41) is 8.53. The fraction of sp³-hybridized carbons (Fsp3) is 0.312. The maximum absolute atomic E-state index is 11.8. The molecule has 0 unspecified atom stereocenters. The number of nitrogens with zero attached hydrogens (tertiary/aromatic N) is 5. The van der Waals surface area contributed by atoms with E-state index >= 15 is 0 Å². The van der Waals surface area contributed by atoms with E-state index in [1.54, 1.807) is 25.6 Å². The number of rotatable bonds is 6. The summed E-state index contributed by atoms with van der Waals surface area (Å²) >= 11 is 1.27. The Bertz CT molecular complexity index is 881.